The van der Waals surface area contributed by atoms with Gasteiger partial charge in [-0.2, -0.15) is 0 Å². The second-order valence-electron chi connectivity index (χ2n) is 7.10. The van der Waals surface area contributed by atoms with Crippen molar-refractivity contribution in [3.63, 3.8) is 0 Å². The third-order valence-corrected chi connectivity index (χ3v) is 4.94. The summed E-state index contributed by atoms with van der Waals surface area (Å²) in [5.74, 6) is 0.157. The number of aryl methyl sites for hydroxylation is 1. The van der Waals surface area contributed by atoms with Gasteiger partial charge < -0.3 is 9.84 Å². The Balaban J connectivity index is 1.67. The monoisotopic (exact) mass is 356 g/mol. The molecule has 26 heavy (non-hydrogen) atoms. The Morgan fingerprint density at radius 1 is 1.38 bits per heavy atom. The summed E-state index contributed by atoms with van der Waals surface area (Å²) in [5, 5.41) is 9.90. The molecular weight excluding hydrogens is 328 g/mol. The van der Waals surface area contributed by atoms with Crippen LogP contribution in [0.5, 0.6) is 5.75 Å². The van der Waals surface area contributed by atoms with Crippen molar-refractivity contribution in [1.29, 1.82) is 0 Å². The van der Waals surface area contributed by atoms with E-state index < -0.39 is 5.97 Å². The molecular formula is C21H28N2O3. The van der Waals surface area contributed by atoms with Gasteiger partial charge in [0.2, 0.25) is 0 Å². The number of aromatic nitrogens is 1. The minimum Gasteiger partial charge on any atom is -0.487 e. The van der Waals surface area contributed by atoms with Gasteiger partial charge in [0.25, 0.3) is 0 Å². The van der Waals surface area contributed by atoms with E-state index in [9.17, 15) is 4.79 Å². The lowest BCUT2D eigenvalue weighted by molar-refractivity contribution is -0.137. The Bertz CT molecular complexity index is 747. The largest absolute Gasteiger partial charge is 0.487 e. The van der Waals surface area contributed by atoms with Gasteiger partial charge in [-0.05, 0) is 56.0 Å². The standard InChI is InChI=1S/C21H28N2O3/c1-2-3-6-16-13-17-7-4-10-22-21(17)19(14-16)26-18-9-12-23(15-18)11-5-8-20(24)25/h4,7,10,13-14,18H,2-3,5-6,8-9,11-12,15H2,1H3,(H,24,25)/t18-/m0/s1. The Morgan fingerprint density at radius 3 is 3.08 bits per heavy atom. The molecule has 1 aromatic heterocycles. The van der Waals surface area contributed by atoms with Gasteiger partial charge in [0.1, 0.15) is 17.4 Å². The smallest absolute Gasteiger partial charge is 0.303 e. The molecule has 5 heteroatoms. The molecule has 1 aliphatic heterocycles. The fourth-order valence-electron chi connectivity index (χ4n) is 3.56. The molecule has 0 spiro atoms. The van der Waals surface area contributed by atoms with E-state index in [-0.39, 0.29) is 12.5 Å². The number of likely N-dealkylation sites (tertiary alicyclic amines) is 1. The first kappa shape index (κ1) is 18.6. The molecule has 0 aliphatic carbocycles. The van der Waals surface area contributed by atoms with E-state index in [0.29, 0.717) is 6.42 Å². The van der Waals surface area contributed by atoms with Crippen molar-refractivity contribution in [3.8, 4) is 5.75 Å². The van der Waals surface area contributed by atoms with E-state index in [4.69, 9.17) is 9.84 Å². The lowest BCUT2D eigenvalue weighted by Gasteiger charge is -2.18. The molecule has 2 aromatic rings. The number of fused-ring (bicyclic) bond motifs is 1. The molecule has 0 bridgehead atoms. The van der Waals surface area contributed by atoms with Crippen molar-refractivity contribution >= 4 is 16.9 Å². The lowest BCUT2D eigenvalue weighted by Crippen LogP contribution is -2.26. The molecule has 1 atom stereocenters. The molecule has 1 aromatic carbocycles. The summed E-state index contributed by atoms with van der Waals surface area (Å²) >= 11 is 0. The Kier molecular flexibility index (Phi) is 6.45. The lowest BCUT2D eigenvalue weighted by atomic mass is 10.0. The fraction of sp³-hybridized carbons (Fsp3) is 0.524. The quantitative estimate of drug-likeness (QED) is 0.738. The van der Waals surface area contributed by atoms with E-state index in [1.807, 2.05) is 12.3 Å². The number of unbranched alkanes of at least 4 members (excludes halogenated alkanes) is 1. The van der Waals surface area contributed by atoms with Crippen LogP contribution in [0.25, 0.3) is 10.9 Å². The number of ether oxygens (including phenoxy) is 1. The number of carboxylic acid groups (broad SMARTS) is 1. The highest BCUT2D eigenvalue weighted by Gasteiger charge is 2.24. The second-order valence-corrected chi connectivity index (χ2v) is 7.10. The molecule has 1 N–H and O–H groups in total. The van der Waals surface area contributed by atoms with Crippen LogP contribution >= 0.6 is 0 Å². The zero-order valence-corrected chi connectivity index (χ0v) is 15.5. The molecule has 0 saturated carbocycles. The van der Waals surface area contributed by atoms with E-state index in [1.54, 1.807) is 0 Å². The van der Waals surface area contributed by atoms with Crippen LogP contribution in [0.4, 0.5) is 0 Å². The number of nitrogens with zero attached hydrogens (tertiary/aromatic N) is 2. The number of carboxylic acids is 1. The summed E-state index contributed by atoms with van der Waals surface area (Å²) in [6.45, 7) is 4.84. The van der Waals surface area contributed by atoms with Gasteiger partial charge >= 0.3 is 5.97 Å². The van der Waals surface area contributed by atoms with Crippen LogP contribution in [0.1, 0.15) is 44.6 Å². The molecule has 0 amide bonds. The maximum atomic E-state index is 10.7. The van der Waals surface area contributed by atoms with E-state index in [1.165, 1.54) is 18.4 Å². The van der Waals surface area contributed by atoms with Crippen LogP contribution in [-0.4, -0.2) is 46.7 Å². The van der Waals surface area contributed by atoms with Gasteiger partial charge in [-0.15, -0.1) is 0 Å². The van der Waals surface area contributed by atoms with Crippen LogP contribution in [-0.2, 0) is 11.2 Å². The molecule has 3 rings (SSSR count). The number of hydrogen-bond donors (Lipinski definition) is 1. The van der Waals surface area contributed by atoms with Crippen molar-refractivity contribution < 1.29 is 14.6 Å². The maximum Gasteiger partial charge on any atom is 0.303 e. The highest BCUT2D eigenvalue weighted by molar-refractivity contribution is 5.85. The predicted molar refractivity (Wildman–Crippen MR) is 103 cm³/mol. The van der Waals surface area contributed by atoms with Crippen molar-refractivity contribution in [2.45, 2.75) is 51.6 Å². The van der Waals surface area contributed by atoms with Crippen molar-refractivity contribution in [3.05, 3.63) is 36.0 Å². The highest BCUT2D eigenvalue weighted by Crippen LogP contribution is 2.29. The average Bonchev–Trinajstić information content (AvgIpc) is 3.07. The summed E-state index contributed by atoms with van der Waals surface area (Å²) in [6, 6.07) is 8.43. The zero-order chi connectivity index (χ0) is 18.4. The first-order chi connectivity index (χ1) is 12.7. The Labute approximate surface area is 155 Å². The average molecular weight is 356 g/mol. The van der Waals surface area contributed by atoms with Gasteiger partial charge in [0, 0.05) is 31.1 Å². The molecule has 2 heterocycles. The van der Waals surface area contributed by atoms with E-state index in [2.05, 4.69) is 35.0 Å². The summed E-state index contributed by atoms with van der Waals surface area (Å²) in [5.41, 5.74) is 2.23. The maximum absolute atomic E-state index is 10.7. The van der Waals surface area contributed by atoms with Gasteiger partial charge in [-0.1, -0.05) is 19.4 Å². The highest BCUT2D eigenvalue weighted by atomic mass is 16.5. The third-order valence-electron chi connectivity index (χ3n) is 4.94. The first-order valence-corrected chi connectivity index (χ1v) is 9.64. The van der Waals surface area contributed by atoms with Crippen LogP contribution in [0, 0.1) is 0 Å². The number of hydrogen-bond acceptors (Lipinski definition) is 4. The van der Waals surface area contributed by atoms with Gasteiger partial charge in [-0.25, -0.2) is 0 Å². The van der Waals surface area contributed by atoms with Crippen molar-refractivity contribution in [1.82, 2.24) is 9.88 Å². The van der Waals surface area contributed by atoms with E-state index in [0.717, 1.165) is 49.1 Å². The predicted octanol–water partition coefficient (Wildman–Crippen LogP) is 3.90. The molecule has 0 unspecified atom stereocenters. The van der Waals surface area contributed by atoms with Gasteiger partial charge in [0.05, 0.1) is 0 Å². The van der Waals surface area contributed by atoms with Crippen LogP contribution < -0.4 is 4.74 Å². The molecule has 1 aliphatic rings. The Hall–Kier alpha value is -2.14. The van der Waals surface area contributed by atoms with Crippen LogP contribution in [0.15, 0.2) is 30.5 Å². The number of benzene rings is 1. The van der Waals surface area contributed by atoms with E-state index >= 15 is 0 Å². The topological polar surface area (TPSA) is 62.7 Å². The van der Waals surface area contributed by atoms with Crippen molar-refractivity contribution in [2.75, 3.05) is 19.6 Å². The zero-order valence-electron chi connectivity index (χ0n) is 15.5. The SMILES string of the molecule is CCCCc1cc(O[C@H]2CCN(CCCC(=O)O)C2)c2ncccc2c1. The number of rotatable bonds is 9. The minimum absolute atomic E-state index is 0.145. The summed E-state index contributed by atoms with van der Waals surface area (Å²) in [7, 11) is 0. The second kappa shape index (κ2) is 8.99. The van der Waals surface area contributed by atoms with Gasteiger partial charge in [-0.3, -0.25) is 14.7 Å². The van der Waals surface area contributed by atoms with Gasteiger partial charge in [0.15, 0.2) is 0 Å². The third kappa shape index (κ3) is 4.94. The van der Waals surface area contributed by atoms with Crippen LogP contribution in [0.2, 0.25) is 0 Å². The van der Waals surface area contributed by atoms with Crippen LogP contribution in [0.3, 0.4) is 0 Å². The molecule has 1 saturated heterocycles. The summed E-state index contributed by atoms with van der Waals surface area (Å²) in [6.07, 6.45) is 7.26. The molecule has 0 radical (unpaired) electrons. The summed E-state index contributed by atoms with van der Waals surface area (Å²) in [4.78, 5) is 17.5. The normalized spacial score (nSPS) is 17.7. The summed E-state index contributed by atoms with van der Waals surface area (Å²) < 4.78 is 6.35. The van der Waals surface area contributed by atoms with Crippen molar-refractivity contribution in [2.24, 2.45) is 0 Å². The number of aliphatic carboxylic acids is 1. The minimum atomic E-state index is -0.724. The molecule has 1 fully saturated rings. The number of carbonyl (C=O) groups is 1. The molecule has 5 nitrogen and oxygen atoms in total. The first-order valence-electron chi connectivity index (χ1n) is 9.64. The Morgan fingerprint density at radius 2 is 2.27 bits per heavy atom. The number of pyridine rings is 1. The molecule has 140 valence electrons. The fourth-order valence-corrected chi connectivity index (χ4v) is 3.56.